The fourth-order valence-corrected chi connectivity index (χ4v) is 3.99. The van der Waals surface area contributed by atoms with Crippen LogP contribution in [0, 0.1) is 12.7 Å². The van der Waals surface area contributed by atoms with E-state index in [1.165, 1.54) is 22.9 Å². The first-order valence-electron chi connectivity index (χ1n) is 10.9. The second-order valence-corrected chi connectivity index (χ2v) is 8.12. The number of halogens is 1. The Morgan fingerprint density at radius 2 is 1.97 bits per heavy atom. The highest BCUT2D eigenvalue weighted by Crippen LogP contribution is 2.28. The van der Waals surface area contributed by atoms with E-state index in [4.69, 9.17) is 9.26 Å². The lowest BCUT2D eigenvalue weighted by Gasteiger charge is -2.27. The summed E-state index contributed by atoms with van der Waals surface area (Å²) in [6.07, 6.45) is 3.12. The summed E-state index contributed by atoms with van der Waals surface area (Å²) in [4.78, 5) is 27.4. The summed E-state index contributed by atoms with van der Waals surface area (Å²) in [7, 11) is 1.67. The van der Waals surface area contributed by atoms with E-state index < -0.39 is 5.82 Å². The molecule has 1 atom stereocenters. The number of nitrogens with zero attached hydrogens (tertiary/aromatic N) is 6. The average Bonchev–Trinajstić information content (AvgIpc) is 3.13. The van der Waals surface area contributed by atoms with Crippen LogP contribution in [-0.4, -0.2) is 44.4 Å². The molecule has 0 saturated carbocycles. The topological polar surface area (TPSA) is 99.2 Å². The van der Waals surface area contributed by atoms with Gasteiger partial charge in [0, 0.05) is 43.6 Å². The van der Waals surface area contributed by atoms with Gasteiger partial charge in [0.25, 0.3) is 11.4 Å². The number of ether oxygens (including phenoxy) is 1. The van der Waals surface area contributed by atoms with Gasteiger partial charge >= 0.3 is 0 Å². The van der Waals surface area contributed by atoms with Crippen molar-refractivity contribution in [3.8, 4) is 22.7 Å². The number of hydrogen-bond donors (Lipinski definition) is 0. The predicted octanol–water partition coefficient (Wildman–Crippen LogP) is 3.31. The lowest BCUT2D eigenvalue weighted by Crippen LogP contribution is -2.34. The number of anilines is 1. The van der Waals surface area contributed by atoms with E-state index in [2.05, 4.69) is 20.1 Å². The van der Waals surface area contributed by atoms with Crippen LogP contribution in [0.5, 0.6) is 0 Å². The zero-order chi connectivity index (χ0) is 23.7. The first-order chi connectivity index (χ1) is 16.5. The second-order valence-electron chi connectivity index (χ2n) is 8.12. The molecular formula is C24H23FN6O3. The number of aryl methyl sites for hydroxylation is 1. The molecule has 0 N–H and O–H groups in total. The van der Waals surface area contributed by atoms with E-state index in [1.807, 2.05) is 29.2 Å². The normalized spacial score (nSPS) is 16.4. The molecule has 1 aliphatic heterocycles. The molecule has 9 nitrogen and oxygen atoms in total. The van der Waals surface area contributed by atoms with E-state index in [9.17, 15) is 9.18 Å². The Morgan fingerprint density at radius 3 is 2.71 bits per heavy atom. The summed E-state index contributed by atoms with van der Waals surface area (Å²) in [6, 6.07) is 10.6. The van der Waals surface area contributed by atoms with Crippen LogP contribution in [0.1, 0.15) is 23.9 Å². The molecule has 4 aromatic rings. The molecule has 0 bridgehead atoms. The molecule has 1 aromatic carbocycles. The second kappa shape index (κ2) is 9.14. The van der Waals surface area contributed by atoms with Crippen LogP contribution in [0.3, 0.4) is 0 Å². The van der Waals surface area contributed by atoms with Gasteiger partial charge in [0.15, 0.2) is 11.6 Å². The molecule has 1 saturated heterocycles. The van der Waals surface area contributed by atoms with Crippen molar-refractivity contribution in [3.05, 3.63) is 76.4 Å². The van der Waals surface area contributed by atoms with Crippen LogP contribution in [0.4, 0.5) is 10.3 Å². The molecule has 34 heavy (non-hydrogen) atoms. The average molecular weight is 462 g/mol. The van der Waals surface area contributed by atoms with Gasteiger partial charge in [-0.15, -0.1) is 0 Å². The van der Waals surface area contributed by atoms with Gasteiger partial charge in [-0.25, -0.2) is 9.37 Å². The maximum Gasteiger partial charge on any atom is 0.257 e. The van der Waals surface area contributed by atoms with Crippen LogP contribution in [0.25, 0.3) is 22.7 Å². The minimum atomic E-state index is -0.525. The van der Waals surface area contributed by atoms with Gasteiger partial charge in [0.05, 0.1) is 18.4 Å². The summed E-state index contributed by atoms with van der Waals surface area (Å²) in [5, 5.41) is 3.83. The van der Waals surface area contributed by atoms with Gasteiger partial charge in [-0.1, -0.05) is 17.3 Å². The molecule has 0 spiro atoms. The van der Waals surface area contributed by atoms with Gasteiger partial charge in [-0.05, 0) is 37.1 Å². The van der Waals surface area contributed by atoms with E-state index in [1.54, 1.807) is 14.0 Å². The van der Waals surface area contributed by atoms with Crippen molar-refractivity contribution in [2.45, 2.75) is 19.4 Å². The lowest BCUT2D eigenvalue weighted by molar-refractivity contribution is 0.0685. The highest BCUT2D eigenvalue weighted by molar-refractivity contribution is 5.60. The van der Waals surface area contributed by atoms with Crippen molar-refractivity contribution in [1.29, 1.82) is 0 Å². The zero-order valence-corrected chi connectivity index (χ0v) is 18.8. The monoisotopic (exact) mass is 462 g/mol. The van der Waals surface area contributed by atoms with Crippen LogP contribution in [0.2, 0.25) is 0 Å². The maximum absolute atomic E-state index is 14.3. The highest BCUT2D eigenvalue weighted by Gasteiger charge is 2.24. The predicted molar refractivity (Wildman–Crippen MR) is 123 cm³/mol. The Bertz CT molecular complexity index is 1370. The molecule has 0 unspecified atom stereocenters. The third kappa shape index (κ3) is 4.32. The number of hydrogen-bond acceptors (Lipinski definition) is 8. The zero-order valence-electron chi connectivity index (χ0n) is 18.8. The van der Waals surface area contributed by atoms with Gasteiger partial charge < -0.3 is 14.2 Å². The number of aromatic nitrogens is 5. The third-order valence-corrected chi connectivity index (χ3v) is 5.78. The Balaban J connectivity index is 1.45. The number of pyridine rings is 1. The molecule has 0 amide bonds. The fraction of sp³-hybridized carbons (Fsp3) is 0.292. The van der Waals surface area contributed by atoms with E-state index in [-0.39, 0.29) is 22.9 Å². The standard InChI is InChI=1S/C24H23FN6O3/c1-15-27-23(34-29-15)17-6-4-16(5-7-17)21-14-31(10-3-11-33-21)24-28-20(12-22(32)30(24)2)18-8-9-26-13-19(18)25/h4-9,12-13,21H,3,10-11,14H2,1-2H3/t21-/m0/s1. The maximum atomic E-state index is 14.3. The molecule has 5 rings (SSSR count). The SMILES string of the molecule is Cc1noc(-c2ccc([C@@H]3CN(c4nc(-c5ccncc5F)cc(=O)n4C)CCCO3)cc2)n1. The molecule has 1 aliphatic rings. The summed E-state index contributed by atoms with van der Waals surface area (Å²) >= 11 is 0. The first kappa shape index (κ1) is 21.9. The van der Waals surface area contributed by atoms with E-state index in [0.717, 1.165) is 23.7 Å². The van der Waals surface area contributed by atoms with Crippen molar-refractivity contribution >= 4 is 5.95 Å². The molecule has 0 radical (unpaired) electrons. The van der Waals surface area contributed by atoms with Crippen molar-refractivity contribution in [1.82, 2.24) is 24.7 Å². The summed E-state index contributed by atoms with van der Waals surface area (Å²) in [5.41, 5.74) is 2.05. The molecular weight excluding hydrogens is 439 g/mol. The molecule has 0 aliphatic carbocycles. The molecule has 1 fully saturated rings. The third-order valence-electron chi connectivity index (χ3n) is 5.78. The van der Waals surface area contributed by atoms with Crippen LogP contribution in [-0.2, 0) is 11.8 Å². The molecule has 174 valence electrons. The van der Waals surface area contributed by atoms with Crippen LogP contribution in [0.15, 0.2) is 58.1 Å². The highest BCUT2D eigenvalue weighted by atomic mass is 19.1. The summed E-state index contributed by atoms with van der Waals surface area (Å²) in [6.45, 7) is 3.48. The van der Waals surface area contributed by atoms with Crippen molar-refractivity contribution in [2.24, 2.45) is 7.05 Å². The largest absolute Gasteiger partial charge is 0.372 e. The van der Waals surface area contributed by atoms with Crippen LogP contribution >= 0.6 is 0 Å². The smallest absolute Gasteiger partial charge is 0.257 e. The quantitative estimate of drug-likeness (QED) is 0.456. The Kier molecular flexibility index (Phi) is 5.89. The van der Waals surface area contributed by atoms with Gasteiger partial charge in [0.2, 0.25) is 5.95 Å². The Labute approximate surface area is 194 Å². The molecule has 3 aromatic heterocycles. The fourth-order valence-electron chi connectivity index (χ4n) is 3.99. The van der Waals surface area contributed by atoms with Gasteiger partial charge in [0.1, 0.15) is 6.10 Å². The minimum Gasteiger partial charge on any atom is -0.372 e. The van der Waals surface area contributed by atoms with Crippen molar-refractivity contribution in [3.63, 3.8) is 0 Å². The molecule has 10 heteroatoms. The lowest BCUT2D eigenvalue weighted by atomic mass is 10.1. The summed E-state index contributed by atoms with van der Waals surface area (Å²) in [5.74, 6) is 0.982. The van der Waals surface area contributed by atoms with E-state index in [0.29, 0.717) is 37.4 Å². The Hall–Kier alpha value is -3.92. The summed E-state index contributed by atoms with van der Waals surface area (Å²) < 4.78 is 27.2. The van der Waals surface area contributed by atoms with Crippen molar-refractivity contribution in [2.75, 3.05) is 24.6 Å². The first-order valence-corrected chi connectivity index (χ1v) is 10.9. The minimum absolute atomic E-state index is 0.237. The molecule has 4 heterocycles. The van der Waals surface area contributed by atoms with E-state index >= 15 is 0 Å². The number of benzene rings is 1. The number of rotatable bonds is 4. The Morgan fingerprint density at radius 1 is 1.15 bits per heavy atom. The van der Waals surface area contributed by atoms with Gasteiger partial charge in [-0.3, -0.25) is 14.3 Å². The van der Waals surface area contributed by atoms with Crippen LogP contribution < -0.4 is 10.5 Å². The van der Waals surface area contributed by atoms with Gasteiger partial charge in [-0.2, -0.15) is 4.98 Å². The van der Waals surface area contributed by atoms with Crippen molar-refractivity contribution < 1.29 is 13.7 Å².